The molecule has 1 N–H and O–H groups in total. The number of hydrogen-bond acceptors (Lipinski definition) is 6. The van der Waals surface area contributed by atoms with Gasteiger partial charge >= 0.3 is 5.69 Å². The number of nitro groups is 1. The van der Waals surface area contributed by atoms with Gasteiger partial charge in [0.05, 0.1) is 11.5 Å². The van der Waals surface area contributed by atoms with Crippen LogP contribution in [0.2, 0.25) is 5.28 Å². The lowest BCUT2D eigenvalue weighted by molar-refractivity contribution is -0.385. The first kappa shape index (κ1) is 14.6. The smallest absolute Gasteiger partial charge is 0.332 e. The van der Waals surface area contributed by atoms with E-state index in [0.29, 0.717) is 0 Å². The minimum Gasteiger partial charge on any atom is -0.395 e. The first-order chi connectivity index (χ1) is 8.38. The van der Waals surface area contributed by atoms with Crippen molar-refractivity contribution in [2.45, 2.75) is 26.8 Å². The summed E-state index contributed by atoms with van der Waals surface area (Å²) in [6.45, 7) is 5.32. The Kier molecular flexibility index (Phi) is 4.80. The third-order valence-electron chi connectivity index (χ3n) is 2.43. The van der Waals surface area contributed by atoms with Gasteiger partial charge in [0, 0.05) is 12.6 Å². The second kappa shape index (κ2) is 5.92. The van der Waals surface area contributed by atoms with Crippen molar-refractivity contribution in [3.05, 3.63) is 21.1 Å². The van der Waals surface area contributed by atoms with E-state index in [2.05, 4.69) is 9.97 Å². The zero-order valence-corrected chi connectivity index (χ0v) is 11.2. The first-order valence-corrected chi connectivity index (χ1v) is 5.82. The summed E-state index contributed by atoms with van der Waals surface area (Å²) in [6, 6.07) is -0.0544. The predicted molar refractivity (Wildman–Crippen MR) is 68.0 cm³/mol. The molecular weight excluding hydrogens is 260 g/mol. The van der Waals surface area contributed by atoms with Crippen LogP contribution in [0, 0.1) is 17.0 Å². The van der Waals surface area contributed by atoms with Gasteiger partial charge in [-0.3, -0.25) is 10.1 Å². The van der Waals surface area contributed by atoms with Crippen LogP contribution in [0.5, 0.6) is 0 Å². The summed E-state index contributed by atoms with van der Waals surface area (Å²) in [7, 11) is 0. The van der Waals surface area contributed by atoms with Crippen LogP contribution in [0.1, 0.15) is 19.5 Å². The van der Waals surface area contributed by atoms with Crippen LogP contribution >= 0.6 is 11.6 Å². The molecule has 1 aromatic rings. The number of aromatic nitrogens is 2. The number of hydrogen-bond donors (Lipinski definition) is 1. The molecular formula is C10H15ClN4O3. The van der Waals surface area contributed by atoms with Gasteiger partial charge in [-0.1, -0.05) is 0 Å². The molecule has 0 saturated heterocycles. The van der Waals surface area contributed by atoms with Crippen LogP contribution in [0.4, 0.5) is 11.5 Å². The van der Waals surface area contributed by atoms with Gasteiger partial charge in [-0.05, 0) is 32.4 Å². The summed E-state index contributed by atoms with van der Waals surface area (Å²) in [5.41, 5.74) is 0.0279. The van der Waals surface area contributed by atoms with Crippen molar-refractivity contribution in [3.8, 4) is 0 Å². The number of rotatable bonds is 5. The Balaban J connectivity index is 3.39. The molecule has 0 amide bonds. The minimum absolute atomic E-state index is 0.0447. The zero-order valence-electron chi connectivity index (χ0n) is 10.4. The van der Waals surface area contributed by atoms with E-state index >= 15 is 0 Å². The van der Waals surface area contributed by atoms with Gasteiger partial charge in [-0.2, -0.15) is 4.98 Å². The minimum atomic E-state index is -0.534. The summed E-state index contributed by atoms with van der Waals surface area (Å²) in [4.78, 5) is 19.9. The molecule has 0 aliphatic rings. The fourth-order valence-corrected chi connectivity index (χ4v) is 1.86. The molecule has 0 aliphatic carbocycles. The van der Waals surface area contributed by atoms with Crippen molar-refractivity contribution in [3.63, 3.8) is 0 Å². The number of nitrogens with zero attached hydrogens (tertiary/aromatic N) is 4. The molecule has 7 nitrogen and oxygen atoms in total. The van der Waals surface area contributed by atoms with E-state index < -0.39 is 4.92 Å². The Hall–Kier alpha value is -1.47. The standard InChI is InChI=1S/C10H15ClN4O3/c1-6(2)14(4-5-16)9-8(15(17)18)7(3)12-10(11)13-9/h6,16H,4-5H2,1-3H3. The van der Waals surface area contributed by atoms with E-state index in [0.717, 1.165) is 0 Å². The monoisotopic (exact) mass is 274 g/mol. The Morgan fingerprint density at radius 3 is 2.56 bits per heavy atom. The van der Waals surface area contributed by atoms with Crippen molar-refractivity contribution < 1.29 is 10.0 Å². The largest absolute Gasteiger partial charge is 0.395 e. The van der Waals surface area contributed by atoms with E-state index in [9.17, 15) is 10.1 Å². The van der Waals surface area contributed by atoms with Crippen molar-refractivity contribution >= 4 is 23.1 Å². The molecule has 0 bridgehead atoms. The van der Waals surface area contributed by atoms with Crippen LogP contribution in [-0.4, -0.2) is 39.2 Å². The third kappa shape index (κ3) is 3.05. The average molecular weight is 275 g/mol. The lowest BCUT2D eigenvalue weighted by Gasteiger charge is -2.26. The summed E-state index contributed by atoms with van der Waals surface area (Å²) in [5, 5.41) is 20.1. The van der Waals surface area contributed by atoms with E-state index in [1.807, 2.05) is 13.8 Å². The summed E-state index contributed by atoms with van der Waals surface area (Å²) >= 11 is 5.74. The van der Waals surface area contributed by atoms with Gasteiger partial charge < -0.3 is 10.0 Å². The predicted octanol–water partition coefficient (Wildman–Crippen LogP) is 1.55. The van der Waals surface area contributed by atoms with Gasteiger partial charge in [0.25, 0.3) is 0 Å². The molecule has 0 radical (unpaired) electrons. The average Bonchev–Trinajstić information content (AvgIpc) is 2.23. The molecule has 0 unspecified atom stereocenters. The maximum atomic E-state index is 11.1. The number of anilines is 1. The number of aryl methyl sites for hydroxylation is 1. The van der Waals surface area contributed by atoms with Gasteiger partial charge in [-0.15, -0.1) is 0 Å². The summed E-state index contributed by atoms with van der Waals surface area (Å²) in [6.07, 6.45) is 0. The van der Waals surface area contributed by atoms with Crippen molar-refractivity contribution in [1.82, 2.24) is 9.97 Å². The molecule has 0 spiro atoms. The molecule has 0 aromatic carbocycles. The lowest BCUT2D eigenvalue weighted by atomic mass is 10.2. The van der Waals surface area contributed by atoms with Crippen LogP contribution in [0.25, 0.3) is 0 Å². The number of aliphatic hydroxyl groups is 1. The highest BCUT2D eigenvalue weighted by Gasteiger charge is 2.27. The maximum absolute atomic E-state index is 11.1. The van der Waals surface area contributed by atoms with Crippen LogP contribution in [0.3, 0.4) is 0 Å². The Bertz CT molecular complexity index is 453. The third-order valence-corrected chi connectivity index (χ3v) is 2.60. The Labute approximate surface area is 110 Å². The van der Waals surface area contributed by atoms with Crippen LogP contribution in [-0.2, 0) is 0 Å². The fraction of sp³-hybridized carbons (Fsp3) is 0.600. The Morgan fingerprint density at radius 2 is 2.11 bits per heavy atom. The highest BCUT2D eigenvalue weighted by molar-refractivity contribution is 6.28. The molecule has 18 heavy (non-hydrogen) atoms. The van der Waals surface area contributed by atoms with Crippen molar-refractivity contribution in [2.75, 3.05) is 18.1 Å². The SMILES string of the molecule is Cc1nc(Cl)nc(N(CCO)C(C)C)c1[N+](=O)[O-]. The normalized spacial score (nSPS) is 10.8. The van der Waals surface area contributed by atoms with Crippen molar-refractivity contribution in [2.24, 2.45) is 0 Å². The number of aliphatic hydroxyl groups excluding tert-OH is 1. The molecule has 1 aromatic heterocycles. The molecule has 0 fully saturated rings. The Morgan fingerprint density at radius 1 is 1.50 bits per heavy atom. The topological polar surface area (TPSA) is 92.4 Å². The molecule has 100 valence electrons. The zero-order chi connectivity index (χ0) is 13.9. The molecule has 0 saturated carbocycles. The molecule has 1 heterocycles. The van der Waals surface area contributed by atoms with E-state index in [4.69, 9.17) is 16.7 Å². The van der Waals surface area contributed by atoms with Gasteiger partial charge in [0.1, 0.15) is 5.69 Å². The number of halogens is 1. The lowest BCUT2D eigenvalue weighted by Crippen LogP contribution is -2.35. The summed E-state index contributed by atoms with van der Waals surface area (Å²) < 4.78 is 0. The molecule has 0 aliphatic heterocycles. The van der Waals surface area contributed by atoms with E-state index in [1.165, 1.54) is 6.92 Å². The van der Waals surface area contributed by atoms with Gasteiger partial charge in [0.15, 0.2) is 0 Å². The van der Waals surface area contributed by atoms with Crippen LogP contribution < -0.4 is 4.90 Å². The molecule has 0 atom stereocenters. The highest BCUT2D eigenvalue weighted by Crippen LogP contribution is 2.30. The van der Waals surface area contributed by atoms with E-state index in [-0.39, 0.29) is 41.7 Å². The highest BCUT2D eigenvalue weighted by atomic mass is 35.5. The summed E-state index contributed by atoms with van der Waals surface area (Å²) in [5.74, 6) is 0.140. The first-order valence-electron chi connectivity index (χ1n) is 5.44. The van der Waals surface area contributed by atoms with Gasteiger partial charge in [-0.25, -0.2) is 4.98 Å². The quantitative estimate of drug-likeness (QED) is 0.497. The molecule has 1 rings (SSSR count). The second-order valence-corrected chi connectivity index (χ2v) is 4.36. The van der Waals surface area contributed by atoms with Gasteiger partial charge in [0.2, 0.25) is 11.1 Å². The van der Waals surface area contributed by atoms with Crippen molar-refractivity contribution in [1.29, 1.82) is 0 Å². The van der Waals surface area contributed by atoms with Crippen LogP contribution in [0.15, 0.2) is 0 Å². The fourth-order valence-electron chi connectivity index (χ4n) is 1.65. The second-order valence-electron chi connectivity index (χ2n) is 4.02. The molecule has 8 heteroatoms. The van der Waals surface area contributed by atoms with E-state index in [1.54, 1.807) is 4.90 Å². The maximum Gasteiger partial charge on any atom is 0.332 e.